The molecule has 0 aliphatic carbocycles. The summed E-state index contributed by atoms with van der Waals surface area (Å²) in [5.74, 6) is 0.876. The normalized spacial score (nSPS) is 11.7. The average molecular weight is 296 g/mol. The molecular weight excluding hydrogens is 276 g/mol. The van der Waals surface area contributed by atoms with Gasteiger partial charge >= 0.3 is 0 Å². The van der Waals surface area contributed by atoms with Crippen LogP contribution in [0.25, 0.3) is 5.57 Å². The third-order valence-electron chi connectivity index (χ3n) is 3.30. The van der Waals surface area contributed by atoms with E-state index < -0.39 is 0 Å². The van der Waals surface area contributed by atoms with Gasteiger partial charge in [-0.1, -0.05) is 48.5 Å². The molecule has 108 valence electrons. The van der Waals surface area contributed by atoms with E-state index >= 15 is 0 Å². The van der Waals surface area contributed by atoms with E-state index in [-0.39, 0.29) is 0 Å². The maximum absolute atomic E-state index is 5.25. The number of allylic oxidation sites excluding steroid dienone is 2. The summed E-state index contributed by atoms with van der Waals surface area (Å²) in [5.41, 5.74) is 3.70. The molecule has 0 amide bonds. The van der Waals surface area contributed by atoms with Crippen LogP contribution in [0.5, 0.6) is 5.75 Å². The third kappa shape index (κ3) is 3.79. The molecule has 2 heteroatoms. The van der Waals surface area contributed by atoms with Crippen molar-refractivity contribution in [2.75, 3.05) is 13.4 Å². The van der Waals surface area contributed by atoms with Crippen LogP contribution in [0, 0.1) is 0 Å². The number of hydrogen-bond acceptors (Lipinski definition) is 2. The smallest absolute Gasteiger partial charge is 0.118 e. The zero-order valence-corrected chi connectivity index (χ0v) is 13.3. The number of ether oxygens (including phenoxy) is 1. The first kappa shape index (κ1) is 15.5. The molecule has 21 heavy (non-hydrogen) atoms. The number of methoxy groups -OCH3 is 1. The fourth-order valence-electron chi connectivity index (χ4n) is 2.27. The molecule has 0 heterocycles. The summed E-state index contributed by atoms with van der Waals surface area (Å²) >= 11 is 1.78. The Morgan fingerprint density at radius 3 is 2.19 bits per heavy atom. The van der Waals surface area contributed by atoms with Crippen LogP contribution in [-0.2, 0) is 0 Å². The molecule has 0 saturated heterocycles. The standard InChI is InChI=1S/C19H20OS/c1-4-8-18(21-3)19(15-9-6-5-7-10-15)16-11-13-17(20-2)14-12-16/h4-7,9-14H,1,8H2,2-3H3/b19-18+. The Morgan fingerprint density at radius 2 is 1.67 bits per heavy atom. The lowest BCUT2D eigenvalue weighted by atomic mass is 9.96. The molecule has 2 aromatic carbocycles. The molecule has 0 spiro atoms. The average Bonchev–Trinajstić information content (AvgIpc) is 2.56. The molecule has 0 bridgehead atoms. The van der Waals surface area contributed by atoms with E-state index in [0.29, 0.717) is 0 Å². The minimum absolute atomic E-state index is 0.872. The van der Waals surface area contributed by atoms with E-state index in [9.17, 15) is 0 Å². The number of benzene rings is 2. The molecule has 0 N–H and O–H groups in total. The van der Waals surface area contributed by atoms with Gasteiger partial charge in [0.2, 0.25) is 0 Å². The SMILES string of the molecule is C=CC/C(SC)=C(/c1ccccc1)c1ccc(OC)cc1. The quantitative estimate of drug-likeness (QED) is 0.661. The summed E-state index contributed by atoms with van der Waals surface area (Å²) in [6.07, 6.45) is 4.95. The molecule has 1 nitrogen and oxygen atoms in total. The summed E-state index contributed by atoms with van der Waals surface area (Å²) < 4.78 is 5.25. The molecule has 0 fully saturated rings. The van der Waals surface area contributed by atoms with E-state index in [1.54, 1.807) is 18.9 Å². The number of rotatable bonds is 6. The van der Waals surface area contributed by atoms with Crippen molar-refractivity contribution < 1.29 is 4.74 Å². The highest BCUT2D eigenvalue weighted by Gasteiger charge is 2.10. The lowest BCUT2D eigenvalue weighted by Gasteiger charge is -2.14. The third-order valence-corrected chi connectivity index (χ3v) is 4.16. The minimum atomic E-state index is 0.872. The van der Waals surface area contributed by atoms with Crippen LogP contribution in [0.1, 0.15) is 17.5 Å². The molecule has 0 aliphatic heterocycles. The Kier molecular flexibility index (Phi) is 5.70. The van der Waals surface area contributed by atoms with Crippen LogP contribution in [0.2, 0.25) is 0 Å². The van der Waals surface area contributed by atoms with Gasteiger partial charge < -0.3 is 4.74 Å². The lowest BCUT2D eigenvalue weighted by molar-refractivity contribution is 0.415. The second-order valence-corrected chi connectivity index (χ2v) is 5.49. The number of hydrogen-bond donors (Lipinski definition) is 0. The zero-order valence-electron chi connectivity index (χ0n) is 12.5. The summed E-state index contributed by atoms with van der Waals surface area (Å²) in [6, 6.07) is 18.7. The van der Waals surface area contributed by atoms with Gasteiger partial charge in [0.1, 0.15) is 5.75 Å². The molecule has 2 rings (SSSR count). The van der Waals surface area contributed by atoms with E-state index in [1.165, 1.54) is 21.6 Å². The van der Waals surface area contributed by atoms with E-state index in [1.807, 2.05) is 24.3 Å². The van der Waals surface area contributed by atoms with Crippen LogP contribution < -0.4 is 4.74 Å². The largest absolute Gasteiger partial charge is 0.497 e. The molecule has 0 aliphatic rings. The van der Waals surface area contributed by atoms with Gasteiger partial charge in [0.25, 0.3) is 0 Å². The van der Waals surface area contributed by atoms with Crippen molar-refractivity contribution in [1.29, 1.82) is 0 Å². The van der Waals surface area contributed by atoms with Crippen molar-refractivity contribution in [2.24, 2.45) is 0 Å². The first-order valence-electron chi connectivity index (χ1n) is 6.88. The van der Waals surface area contributed by atoms with Crippen LogP contribution in [0.3, 0.4) is 0 Å². The summed E-state index contributed by atoms with van der Waals surface area (Å²) in [6.45, 7) is 3.88. The maximum Gasteiger partial charge on any atom is 0.118 e. The van der Waals surface area contributed by atoms with Crippen molar-refractivity contribution in [3.8, 4) is 5.75 Å². The molecule has 0 aromatic heterocycles. The monoisotopic (exact) mass is 296 g/mol. The van der Waals surface area contributed by atoms with Crippen molar-refractivity contribution in [3.05, 3.63) is 83.3 Å². The summed E-state index contributed by atoms with van der Waals surface area (Å²) in [5, 5.41) is 0. The van der Waals surface area contributed by atoms with Crippen LogP contribution in [-0.4, -0.2) is 13.4 Å². The van der Waals surface area contributed by atoms with Gasteiger partial charge in [-0.15, -0.1) is 18.3 Å². The van der Waals surface area contributed by atoms with Crippen molar-refractivity contribution >= 4 is 17.3 Å². The van der Waals surface area contributed by atoms with Crippen LogP contribution >= 0.6 is 11.8 Å². The van der Waals surface area contributed by atoms with Gasteiger partial charge in [-0.25, -0.2) is 0 Å². The fourth-order valence-corrected chi connectivity index (χ4v) is 2.99. The first-order chi connectivity index (χ1) is 10.3. The summed E-state index contributed by atoms with van der Waals surface area (Å²) in [4.78, 5) is 1.32. The Morgan fingerprint density at radius 1 is 1.05 bits per heavy atom. The van der Waals surface area contributed by atoms with E-state index in [2.05, 4.69) is 49.2 Å². The summed E-state index contributed by atoms with van der Waals surface area (Å²) in [7, 11) is 1.69. The molecule has 0 radical (unpaired) electrons. The topological polar surface area (TPSA) is 9.23 Å². The minimum Gasteiger partial charge on any atom is -0.497 e. The van der Waals surface area contributed by atoms with Gasteiger partial charge in [-0.2, -0.15) is 0 Å². The number of thioether (sulfide) groups is 1. The molecule has 0 atom stereocenters. The highest BCUT2D eigenvalue weighted by molar-refractivity contribution is 8.02. The molecular formula is C19H20OS. The van der Waals surface area contributed by atoms with Crippen LogP contribution in [0.4, 0.5) is 0 Å². The van der Waals surface area contributed by atoms with Crippen molar-refractivity contribution in [3.63, 3.8) is 0 Å². The predicted octanol–water partition coefficient (Wildman–Crippen LogP) is 5.39. The van der Waals surface area contributed by atoms with Crippen LogP contribution in [0.15, 0.2) is 72.2 Å². The maximum atomic E-state index is 5.25. The predicted molar refractivity (Wildman–Crippen MR) is 93.8 cm³/mol. The zero-order chi connectivity index (χ0) is 15.1. The van der Waals surface area contributed by atoms with Gasteiger partial charge in [-0.3, -0.25) is 0 Å². The molecule has 0 saturated carbocycles. The van der Waals surface area contributed by atoms with Gasteiger partial charge in [-0.05, 0) is 46.4 Å². The Labute approximate surface area is 131 Å². The highest BCUT2D eigenvalue weighted by Crippen LogP contribution is 2.34. The van der Waals surface area contributed by atoms with Crippen molar-refractivity contribution in [1.82, 2.24) is 0 Å². The molecule has 2 aromatic rings. The Bertz CT molecular complexity index is 612. The second-order valence-electron chi connectivity index (χ2n) is 4.59. The van der Waals surface area contributed by atoms with Gasteiger partial charge in [0.05, 0.1) is 7.11 Å². The Hall–Kier alpha value is -1.93. The Balaban J connectivity index is 2.57. The van der Waals surface area contributed by atoms with Crippen molar-refractivity contribution in [2.45, 2.75) is 6.42 Å². The highest BCUT2D eigenvalue weighted by atomic mass is 32.2. The first-order valence-corrected chi connectivity index (χ1v) is 8.10. The fraction of sp³-hybridized carbons (Fsp3) is 0.158. The molecule has 0 unspecified atom stereocenters. The van der Waals surface area contributed by atoms with Gasteiger partial charge in [0, 0.05) is 0 Å². The van der Waals surface area contributed by atoms with Gasteiger partial charge in [0.15, 0.2) is 0 Å². The van der Waals surface area contributed by atoms with E-state index in [0.717, 1.165) is 12.2 Å². The second kappa shape index (κ2) is 7.75. The van der Waals surface area contributed by atoms with E-state index in [4.69, 9.17) is 4.74 Å². The lowest BCUT2D eigenvalue weighted by Crippen LogP contribution is -1.93.